The van der Waals surface area contributed by atoms with Gasteiger partial charge in [0.15, 0.2) is 6.10 Å². The van der Waals surface area contributed by atoms with E-state index in [2.05, 4.69) is 4.40 Å². The molecule has 0 spiro atoms. The van der Waals surface area contributed by atoms with Gasteiger partial charge in [-0.15, -0.1) is 0 Å². The summed E-state index contributed by atoms with van der Waals surface area (Å²) in [7, 11) is -5.12. The quantitative estimate of drug-likeness (QED) is 0.0513. The second-order valence-corrected chi connectivity index (χ2v) is 11.1. The number of benzene rings is 1. The van der Waals surface area contributed by atoms with Crippen molar-refractivity contribution in [1.82, 2.24) is 0 Å². The van der Waals surface area contributed by atoms with Crippen molar-refractivity contribution in [2.24, 2.45) is 4.40 Å². The van der Waals surface area contributed by atoms with Crippen molar-refractivity contribution in [2.75, 3.05) is 6.61 Å². The minimum atomic E-state index is -5.12. The molecule has 15 nitrogen and oxygen atoms in total. The fourth-order valence-corrected chi connectivity index (χ4v) is 5.75. The van der Waals surface area contributed by atoms with Crippen LogP contribution in [-0.2, 0) is 35.7 Å². The molecule has 2 aliphatic rings. The third-order valence-corrected chi connectivity index (χ3v) is 7.61. The van der Waals surface area contributed by atoms with Gasteiger partial charge in [0, 0.05) is 13.3 Å². The zero-order valence-corrected chi connectivity index (χ0v) is 26.5. The summed E-state index contributed by atoms with van der Waals surface area (Å²) in [5.74, 6) is -0.473. The molecule has 0 radical (unpaired) electrons. The van der Waals surface area contributed by atoms with Gasteiger partial charge >= 0.3 is 57.4 Å². The Labute approximate surface area is 276 Å². The Morgan fingerprint density at radius 3 is 2.20 bits per heavy atom. The first-order chi connectivity index (χ1) is 18.2. The monoisotopic (exact) mass is 635 g/mol. The van der Waals surface area contributed by atoms with Crippen LogP contribution >= 0.6 is 11.8 Å². The summed E-state index contributed by atoms with van der Waals surface area (Å²) in [6, 6.07) is 5.82. The van der Waals surface area contributed by atoms with Crippen LogP contribution in [0.5, 0.6) is 5.75 Å². The average molecular weight is 636 g/mol. The topological polar surface area (TPSA) is 245 Å². The summed E-state index contributed by atoms with van der Waals surface area (Å²) < 4.78 is 58.6. The summed E-state index contributed by atoms with van der Waals surface area (Å²) in [5, 5.41) is 59.8. The molecule has 6 N–H and O–H groups in total. The van der Waals surface area contributed by atoms with Crippen molar-refractivity contribution in [3.8, 4) is 5.75 Å². The van der Waals surface area contributed by atoms with Gasteiger partial charge in [0.05, 0.1) is 17.8 Å². The molecule has 3 rings (SSSR count). The minimum absolute atomic E-state index is 0. The van der Waals surface area contributed by atoms with E-state index in [1.165, 1.54) is 31.2 Å². The third kappa shape index (κ3) is 9.63. The standard InChI is InChI=1S/C22H31NO14S2.K/c1-9-20(35-10(2)25)17(28)18(29)21(34-9)36-12-5-3-11(4-6-12)7-14(23-39(31,32)33)38-22-19(30)16(27)15(26)13(8-24)37-22;/h3-6,9,13,15-22,24,26-30H,7-8H2,1-2H3,(H,31,32,33);/q;+1/p-1/t9-,13+,15+,16-,17-,18+,19+,20-,21-,22-;/m0./s1. The molecule has 40 heavy (non-hydrogen) atoms. The molecule has 18 heteroatoms. The zero-order chi connectivity index (χ0) is 29.1. The Morgan fingerprint density at radius 1 is 1.02 bits per heavy atom. The van der Waals surface area contributed by atoms with Gasteiger partial charge in [-0.2, -0.15) is 4.40 Å². The van der Waals surface area contributed by atoms with E-state index in [1.54, 1.807) is 0 Å². The van der Waals surface area contributed by atoms with Gasteiger partial charge in [0.1, 0.15) is 47.8 Å². The van der Waals surface area contributed by atoms with Gasteiger partial charge < -0.3 is 54.1 Å². The van der Waals surface area contributed by atoms with E-state index in [0.29, 0.717) is 17.3 Å². The summed E-state index contributed by atoms with van der Waals surface area (Å²) in [4.78, 5) is 11.2. The predicted molar refractivity (Wildman–Crippen MR) is 131 cm³/mol. The van der Waals surface area contributed by atoms with Gasteiger partial charge in [0.25, 0.3) is 0 Å². The number of ether oxygens (including phenoxy) is 4. The first kappa shape index (κ1) is 35.9. The van der Waals surface area contributed by atoms with Crippen LogP contribution in [0.4, 0.5) is 0 Å². The first-order valence-electron chi connectivity index (χ1n) is 11.7. The van der Waals surface area contributed by atoms with Crippen LogP contribution in [0.3, 0.4) is 0 Å². The van der Waals surface area contributed by atoms with Crippen LogP contribution in [0.15, 0.2) is 28.7 Å². The smallest absolute Gasteiger partial charge is 0.730 e. The first-order valence-corrected chi connectivity index (χ1v) is 13.9. The molecular weight excluding hydrogens is 605 g/mol. The normalized spacial score (nSPS) is 35.0. The van der Waals surface area contributed by atoms with Crippen LogP contribution in [0.25, 0.3) is 0 Å². The second-order valence-electron chi connectivity index (χ2n) is 8.93. The Hall–Kier alpha value is -0.264. The summed E-state index contributed by atoms with van der Waals surface area (Å²) in [6.45, 7) is 1.98. The molecular formula is C22H30KNO14S2. The summed E-state index contributed by atoms with van der Waals surface area (Å²) in [6.07, 6.45) is -12.7. The molecule has 10 atom stereocenters. The average Bonchev–Trinajstić information content (AvgIpc) is 2.85. The van der Waals surface area contributed by atoms with Gasteiger partial charge in [-0.1, -0.05) is 23.9 Å². The number of esters is 1. The van der Waals surface area contributed by atoms with Crippen molar-refractivity contribution >= 4 is 33.1 Å². The SMILES string of the molecule is CC(=O)O[C@@H]1[C@@H](O)[C@@H](O)[C@H](Oc2ccc(CC(=NS(=O)(=O)[O-])S[C@@H]3O[C@H](CO)[C@@H](O)[C@H](O)[C@H]3O)cc2)O[C@H]1C.[K+]. The van der Waals surface area contributed by atoms with Crippen LogP contribution in [0, 0.1) is 0 Å². The van der Waals surface area contributed by atoms with Crippen LogP contribution in [0.2, 0.25) is 0 Å². The number of thioether (sulfide) groups is 1. The van der Waals surface area contributed by atoms with Crippen LogP contribution in [-0.4, -0.2) is 122 Å². The van der Waals surface area contributed by atoms with Crippen LogP contribution < -0.4 is 56.1 Å². The van der Waals surface area contributed by atoms with E-state index in [1.807, 2.05) is 0 Å². The van der Waals surface area contributed by atoms with E-state index in [-0.39, 0.29) is 68.6 Å². The predicted octanol–water partition coefficient (Wildman–Crippen LogP) is -5.60. The number of carbonyl (C=O) groups excluding carboxylic acids is 1. The number of carbonyl (C=O) groups is 1. The Balaban J connectivity index is 0.00000560. The molecule has 2 aliphatic heterocycles. The van der Waals surface area contributed by atoms with E-state index in [4.69, 9.17) is 18.9 Å². The number of aliphatic hydroxyl groups excluding tert-OH is 6. The van der Waals surface area contributed by atoms with Gasteiger partial charge in [0.2, 0.25) is 16.6 Å². The fraction of sp³-hybridized carbons (Fsp3) is 0.636. The molecule has 0 aliphatic carbocycles. The third-order valence-electron chi connectivity index (χ3n) is 5.92. The van der Waals surface area contributed by atoms with Crippen LogP contribution in [0.1, 0.15) is 19.4 Å². The number of rotatable bonds is 8. The largest absolute Gasteiger partial charge is 1.00 e. The van der Waals surface area contributed by atoms with Gasteiger partial charge in [-0.25, -0.2) is 8.42 Å². The maximum atomic E-state index is 11.3. The minimum Gasteiger partial charge on any atom is -0.730 e. The van der Waals surface area contributed by atoms with Gasteiger partial charge in [-0.3, -0.25) is 4.79 Å². The van der Waals surface area contributed by atoms with Crippen molar-refractivity contribution in [3.63, 3.8) is 0 Å². The number of hydrogen-bond acceptors (Lipinski definition) is 15. The maximum Gasteiger partial charge on any atom is 1.00 e. The molecule has 0 amide bonds. The molecule has 0 aromatic heterocycles. The zero-order valence-electron chi connectivity index (χ0n) is 21.7. The van der Waals surface area contributed by atoms with E-state index in [9.17, 15) is 48.4 Å². The van der Waals surface area contributed by atoms with E-state index < -0.39 is 83.4 Å². The molecule has 1 aromatic carbocycles. The Morgan fingerprint density at radius 2 is 1.65 bits per heavy atom. The molecule has 2 heterocycles. The molecule has 0 saturated carbocycles. The number of hydrogen-bond donors (Lipinski definition) is 6. The molecule has 2 saturated heterocycles. The molecule has 220 valence electrons. The number of aliphatic hydroxyl groups is 6. The Kier molecular flexibility index (Phi) is 13.9. The number of nitrogens with zero attached hydrogens (tertiary/aromatic N) is 1. The molecule has 0 unspecified atom stereocenters. The second kappa shape index (κ2) is 15.5. The van der Waals surface area contributed by atoms with Crippen molar-refractivity contribution in [1.29, 1.82) is 0 Å². The molecule has 1 aromatic rings. The van der Waals surface area contributed by atoms with E-state index in [0.717, 1.165) is 6.92 Å². The molecule has 0 bridgehead atoms. The fourth-order valence-electron chi connectivity index (χ4n) is 3.97. The van der Waals surface area contributed by atoms with Crippen molar-refractivity contribution in [3.05, 3.63) is 29.8 Å². The van der Waals surface area contributed by atoms with Crippen molar-refractivity contribution < 1.29 is 119 Å². The van der Waals surface area contributed by atoms with Gasteiger partial charge in [-0.05, 0) is 24.6 Å². The summed E-state index contributed by atoms with van der Waals surface area (Å²) in [5.41, 5.74) is -0.937. The summed E-state index contributed by atoms with van der Waals surface area (Å²) >= 11 is 0.527. The maximum absolute atomic E-state index is 11.3. The van der Waals surface area contributed by atoms with Crippen molar-refractivity contribution in [2.45, 2.75) is 80.8 Å². The van der Waals surface area contributed by atoms with E-state index >= 15 is 0 Å². The molecule has 2 fully saturated rings. The Bertz CT molecular complexity index is 1120.